The number of para-hydroxylation sites is 1. The molecule has 3 N–H and O–H groups in total. The van der Waals surface area contributed by atoms with Gasteiger partial charge in [0.05, 0.1) is 5.92 Å². The molecule has 34 heavy (non-hydrogen) atoms. The second kappa shape index (κ2) is 9.06. The van der Waals surface area contributed by atoms with Crippen LogP contribution in [0.15, 0.2) is 71.3 Å². The zero-order valence-corrected chi connectivity index (χ0v) is 19.5. The normalized spacial score (nSPS) is 19.1. The highest BCUT2D eigenvalue weighted by Gasteiger charge is 2.42. The SMILES string of the molecule is Cc1ccccc1NC(=O)COc1ccc(C2C(C#N)=C(N)OC3=C2C(=O)CC(C)(C)C3)cc1. The van der Waals surface area contributed by atoms with Crippen molar-refractivity contribution in [3.63, 3.8) is 0 Å². The van der Waals surface area contributed by atoms with E-state index in [2.05, 4.69) is 11.4 Å². The summed E-state index contributed by atoms with van der Waals surface area (Å²) in [5.74, 6) is 0.174. The molecule has 2 aliphatic rings. The molecule has 1 heterocycles. The molecular weight excluding hydrogens is 430 g/mol. The minimum Gasteiger partial charge on any atom is -0.484 e. The van der Waals surface area contributed by atoms with Crippen LogP contribution >= 0.6 is 0 Å². The number of rotatable bonds is 5. The quantitative estimate of drug-likeness (QED) is 0.685. The first-order valence-corrected chi connectivity index (χ1v) is 11.1. The average Bonchev–Trinajstić information content (AvgIpc) is 2.78. The minimum absolute atomic E-state index is 0.0324. The molecule has 0 saturated heterocycles. The van der Waals surface area contributed by atoms with Crippen molar-refractivity contribution in [2.24, 2.45) is 11.1 Å². The second-order valence-corrected chi connectivity index (χ2v) is 9.42. The third-order valence-electron chi connectivity index (χ3n) is 6.08. The molecule has 4 rings (SSSR count). The third kappa shape index (κ3) is 4.67. The summed E-state index contributed by atoms with van der Waals surface area (Å²) in [4.78, 5) is 25.3. The zero-order valence-electron chi connectivity index (χ0n) is 19.5. The van der Waals surface area contributed by atoms with Gasteiger partial charge in [-0.05, 0) is 41.7 Å². The van der Waals surface area contributed by atoms with Crippen molar-refractivity contribution in [1.82, 2.24) is 0 Å². The van der Waals surface area contributed by atoms with Crippen LogP contribution in [0.4, 0.5) is 5.69 Å². The van der Waals surface area contributed by atoms with Gasteiger partial charge in [-0.2, -0.15) is 5.26 Å². The van der Waals surface area contributed by atoms with E-state index in [0.29, 0.717) is 29.9 Å². The van der Waals surface area contributed by atoms with Gasteiger partial charge in [0, 0.05) is 24.1 Å². The van der Waals surface area contributed by atoms with Crippen molar-refractivity contribution in [3.05, 3.63) is 82.4 Å². The molecule has 0 bridgehead atoms. The van der Waals surface area contributed by atoms with Crippen molar-refractivity contribution in [3.8, 4) is 11.8 Å². The molecule has 7 heteroatoms. The van der Waals surface area contributed by atoms with Gasteiger partial charge in [-0.15, -0.1) is 0 Å². The largest absolute Gasteiger partial charge is 0.484 e. The van der Waals surface area contributed by atoms with E-state index in [4.69, 9.17) is 15.2 Å². The van der Waals surface area contributed by atoms with Crippen LogP contribution < -0.4 is 15.8 Å². The molecule has 2 aromatic carbocycles. The number of nitrogens with zero attached hydrogens (tertiary/aromatic N) is 1. The van der Waals surface area contributed by atoms with Crippen LogP contribution in [0.1, 0.15) is 43.7 Å². The standard InChI is InChI=1S/C27H27N3O4/c1-16-6-4-5-7-20(16)30-23(32)15-33-18-10-8-17(9-11-18)24-19(14-28)26(29)34-22-13-27(2,3)12-21(31)25(22)24/h4-11,24H,12-13,15,29H2,1-3H3,(H,30,32). The van der Waals surface area contributed by atoms with Gasteiger partial charge in [0.1, 0.15) is 23.2 Å². The number of hydrogen-bond acceptors (Lipinski definition) is 6. The number of hydrogen-bond donors (Lipinski definition) is 2. The first kappa shape index (κ1) is 23.1. The molecular formula is C27H27N3O4. The van der Waals surface area contributed by atoms with Crippen LogP contribution in [0.3, 0.4) is 0 Å². The van der Waals surface area contributed by atoms with E-state index in [1.165, 1.54) is 0 Å². The smallest absolute Gasteiger partial charge is 0.262 e. The Morgan fingerprint density at radius 3 is 2.59 bits per heavy atom. The van der Waals surface area contributed by atoms with Gasteiger partial charge in [-0.1, -0.05) is 44.2 Å². The third-order valence-corrected chi connectivity index (χ3v) is 6.08. The molecule has 0 fully saturated rings. The van der Waals surface area contributed by atoms with Crippen molar-refractivity contribution >= 4 is 17.4 Å². The van der Waals surface area contributed by atoms with Gasteiger partial charge in [-0.3, -0.25) is 9.59 Å². The fourth-order valence-corrected chi connectivity index (χ4v) is 4.42. The Morgan fingerprint density at radius 1 is 1.21 bits per heavy atom. The number of nitrogens with one attached hydrogen (secondary N) is 1. The highest BCUT2D eigenvalue weighted by molar-refractivity contribution is 6.00. The summed E-state index contributed by atoms with van der Waals surface area (Å²) in [5, 5.41) is 12.6. The Balaban J connectivity index is 1.52. The Morgan fingerprint density at radius 2 is 1.91 bits per heavy atom. The van der Waals surface area contributed by atoms with Gasteiger partial charge in [-0.25, -0.2) is 0 Å². The number of amides is 1. The monoisotopic (exact) mass is 457 g/mol. The molecule has 1 atom stereocenters. The van der Waals surface area contributed by atoms with Crippen molar-refractivity contribution in [2.75, 3.05) is 11.9 Å². The van der Waals surface area contributed by atoms with E-state index in [9.17, 15) is 14.9 Å². The maximum Gasteiger partial charge on any atom is 0.262 e. The van der Waals surface area contributed by atoms with Crippen LogP contribution in [0, 0.1) is 23.7 Å². The van der Waals surface area contributed by atoms with E-state index in [1.807, 2.05) is 45.0 Å². The summed E-state index contributed by atoms with van der Waals surface area (Å²) < 4.78 is 11.4. The number of benzene rings is 2. The predicted molar refractivity (Wildman–Crippen MR) is 127 cm³/mol. The maximum absolute atomic E-state index is 13.0. The lowest BCUT2D eigenvalue weighted by Gasteiger charge is -2.37. The molecule has 2 aromatic rings. The molecule has 1 unspecified atom stereocenters. The number of Topliss-reactive ketones (excluding diaryl/α,β-unsaturated/α-hetero) is 1. The molecule has 1 amide bonds. The Bertz CT molecular complexity index is 1250. The number of ketones is 1. The van der Waals surface area contributed by atoms with Crippen molar-refractivity contribution in [1.29, 1.82) is 5.26 Å². The predicted octanol–water partition coefficient (Wildman–Crippen LogP) is 4.46. The van der Waals surface area contributed by atoms with Gasteiger partial charge >= 0.3 is 0 Å². The Labute approximate surface area is 198 Å². The fraction of sp³-hybridized carbons (Fsp3) is 0.296. The molecule has 174 valence electrons. The lowest BCUT2D eigenvalue weighted by molar-refractivity contribution is -0.119. The van der Waals surface area contributed by atoms with Crippen LogP contribution in [0.2, 0.25) is 0 Å². The molecule has 1 aliphatic heterocycles. The molecule has 0 aromatic heterocycles. The minimum atomic E-state index is -0.587. The van der Waals surface area contributed by atoms with Gasteiger partial charge in [0.2, 0.25) is 5.88 Å². The molecule has 1 aliphatic carbocycles. The van der Waals surface area contributed by atoms with Crippen LogP contribution in [-0.4, -0.2) is 18.3 Å². The second-order valence-electron chi connectivity index (χ2n) is 9.42. The van der Waals surface area contributed by atoms with Gasteiger partial charge in [0.25, 0.3) is 5.91 Å². The molecule has 0 saturated carbocycles. The van der Waals surface area contributed by atoms with Gasteiger partial charge < -0.3 is 20.5 Å². The van der Waals surface area contributed by atoms with Crippen LogP contribution in [-0.2, 0) is 14.3 Å². The Kier molecular flexibility index (Phi) is 6.16. The Hall–Kier alpha value is -4.05. The van der Waals surface area contributed by atoms with Crippen LogP contribution in [0.25, 0.3) is 0 Å². The highest BCUT2D eigenvalue weighted by Crippen LogP contribution is 2.47. The number of allylic oxidation sites excluding steroid dienone is 3. The maximum atomic E-state index is 13.0. The zero-order chi connectivity index (χ0) is 24.5. The van der Waals surface area contributed by atoms with E-state index < -0.39 is 5.92 Å². The molecule has 0 spiro atoms. The topological polar surface area (TPSA) is 114 Å². The van der Waals surface area contributed by atoms with Crippen molar-refractivity contribution in [2.45, 2.75) is 39.5 Å². The number of carbonyl (C=O) groups is 2. The highest BCUT2D eigenvalue weighted by atomic mass is 16.5. The summed E-state index contributed by atoms with van der Waals surface area (Å²) in [6, 6.07) is 16.6. The summed E-state index contributed by atoms with van der Waals surface area (Å²) in [6.07, 6.45) is 0.947. The van der Waals surface area contributed by atoms with E-state index >= 15 is 0 Å². The first-order valence-electron chi connectivity index (χ1n) is 11.1. The fourth-order valence-electron chi connectivity index (χ4n) is 4.42. The number of nitrogens with two attached hydrogens (primary N) is 1. The number of anilines is 1. The number of aryl methyl sites for hydroxylation is 1. The number of carbonyl (C=O) groups excluding carboxylic acids is 2. The first-order chi connectivity index (χ1) is 16.2. The summed E-state index contributed by atoms with van der Waals surface area (Å²) in [5.41, 5.74) is 8.99. The summed E-state index contributed by atoms with van der Waals surface area (Å²) >= 11 is 0. The van der Waals surface area contributed by atoms with Crippen LogP contribution in [0.5, 0.6) is 5.75 Å². The lowest BCUT2D eigenvalue weighted by Crippen LogP contribution is -2.33. The molecule has 7 nitrogen and oxygen atoms in total. The summed E-state index contributed by atoms with van der Waals surface area (Å²) in [7, 11) is 0. The van der Waals surface area contributed by atoms with E-state index in [1.54, 1.807) is 24.3 Å². The number of nitriles is 1. The number of ether oxygens (including phenoxy) is 2. The van der Waals surface area contributed by atoms with Crippen molar-refractivity contribution < 1.29 is 19.1 Å². The summed E-state index contributed by atoms with van der Waals surface area (Å²) in [6.45, 7) is 5.79. The van der Waals surface area contributed by atoms with E-state index in [-0.39, 0.29) is 35.2 Å². The van der Waals surface area contributed by atoms with Gasteiger partial charge in [0.15, 0.2) is 12.4 Å². The van der Waals surface area contributed by atoms with E-state index in [0.717, 1.165) is 16.8 Å². The molecule has 0 radical (unpaired) electrons. The lowest BCUT2D eigenvalue weighted by atomic mass is 9.70. The average molecular weight is 458 g/mol.